The van der Waals surface area contributed by atoms with Crippen LogP contribution in [0.15, 0.2) is 27.7 Å². The van der Waals surface area contributed by atoms with E-state index >= 15 is 0 Å². The molecular weight excluding hydrogens is 162 g/mol. The van der Waals surface area contributed by atoms with E-state index in [1.54, 1.807) is 17.8 Å². The zero-order valence-corrected chi connectivity index (χ0v) is 6.39. The van der Waals surface area contributed by atoms with Crippen molar-refractivity contribution in [2.45, 2.75) is 0 Å². The topological polar surface area (TPSA) is 49.7 Å². The Bertz CT molecular complexity index is 312. The molecular formula is C7H5NO2S. The molecule has 0 aromatic heterocycles. The molecule has 0 amide bonds. The van der Waals surface area contributed by atoms with Gasteiger partial charge < -0.3 is 5.11 Å². The molecule has 0 radical (unpaired) electrons. The van der Waals surface area contributed by atoms with E-state index in [4.69, 9.17) is 5.11 Å². The summed E-state index contributed by atoms with van der Waals surface area (Å²) < 4.78 is 0. The molecule has 11 heavy (non-hydrogen) atoms. The number of thioether (sulfide) groups is 1. The number of carboxylic acid groups (broad SMARTS) is 1. The molecule has 0 saturated heterocycles. The van der Waals surface area contributed by atoms with Gasteiger partial charge in [0.15, 0.2) is 0 Å². The highest BCUT2D eigenvalue weighted by atomic mass is 32.2. The average Bonchev–Trinajstić information content (AvgIpc) is 2.40. The Hall–Kier alpha value is -1.03. The van der Waals surface area contributed by atoms with E-state index in [9.17, 15) is 4.79 Å². The lowest BCUT2D eigenvalue weighted by Crippen LogP contribution is -2.07. The Labute approximate surface area is 67.5 Å². The zero-order chi connectivity index (χ0) is 7.84. The summed E-state index contributed by atoms with van der Waals surface area (Å²) in [5, 5.41) is 8.56. The summed E-state index contributed by atoms with van der Waals surface area (Å²) in [6.45, 7) is 0. The Balaban J connectivity index is 2.38. The summed E-state index contributed by atoms with van der Waals surface area (Å²) in [4.78, 5) is 15.3. The molecule has 3 nitrogen and oxygen atoms in total. The van der Waals surface area contributed by atoms with Crippen molar-refractivity contribution >= 4 is 23.4 Å². The summed E-state index contributed by atoms with van der Waals surface area (Å²) in [5.74, 6) is -0.0363. The monoisotopic (exact) mass is 167 g/mol. The minimum atomic E-state index is -0.951. The molecule has 0 aromatic carbocycles. The fourth-order valence-electron chi connectivity index (χ4n) is 0.997. The second kappa shape index (κ2) is 2.23. The predicted molar refractivity (Wildman–Crippen MR) is 43.7 cm³/mol. The molecule has 56 valence electrons. The van der Waals surface area contributed by atoms with Crippen molar-refractivity contribution in [3.63, 3.8) is 0 Å². The first-order chi connectivity index (χ1) is 5.27. The van der Waals surface area contributed by atoms with Gasteiger partial charge in [-0.15, -0.1) is 11.8 Å². The lowest BCUT2D eigenvalue weighted by molar-refractivity contribution is -0.129. The van der Waals surface area contributed by atoms with Gasteiger partial charge in [-0.2, -0.15) is 0 Å². The third kappa shape index (κ3) is 0.991. The number of fused-ring (bicyclic) bond motifs is 1. The fraction of sp³-hybridized carbons (Fsp3) is 0.143. The SMILES string of the molecule is O=C(O)C1=NC2=CCSC2=C1. The summed E-state index contributed by atoms with van der Waals surface area (Å²) >= 11 is 1.62. The maximum atomic E-state index is 10.4. The molecule has 2 aliphatic heterocycles. The minimum absolute atomic E-state index is 0.151. The number of carboxylic acids is 1. The number of nitrogens with zero attached hydrogens (tertiary/aromatic N) is 1. The molecule has 0 fully saturated rings. The van der Waals surface area contributed by atoms with Gasteiger partial charge in [-0.3, -0.25) is 0 Å². The van der Waals surface area contributed by atoms with Crippen molar-refractivity contribution < 1.29 is 9.90 Å². The highest BCUT2D eigenvalue weighted by Gasteiger charge is 2.21. The maximum absolute atomic E-state index is 10.4. The second-order valence-electron chi connectivity index (χ2n) is 2.21. The van der Waals surface area contributed by atoms with Crippen LogP contribution < -0.4 is 0 Å². The van der Waals surface area contributed by atoms with E-state index in [0.717, 1.165) is 16.4 Å². The lowest BCUT2D eigenvalue weighted by Gasteiger charge is -1.85. The summed E-state index contributed by atoms with van der Waals surface area (Å²) in [6.07, 6.45) is 3.55. The van der Waals surface area contributed by atoms with Crippen LogP contribution in [-0.4, -0.2) is 22.5 Å². The van der Waals surface area contributed by atoms with Crippen LogP contribution in [0.2, 0.25) is 0 Å². The highest BCUT2D eigenvalue weighted by Crippen LogP contribution is 2.35. The van der Waals surface area contributed by atoms with Crippen molar-refractivity contribution in [1.29, 1.82) is 0 Å². The maximum Gasteiger partial charge on any atom is 0.354 e. The molecule has 0 unspecified atom stereocenters. The number of aliphatic imine (C=N–C) groups is 1. The van der Waals surface area contributed by atoms with Gasteiger partial charge in [-0.1, -0.05) is 0 Å². The molecule has 0 bridgehead atoms. The first-order valence-electron chi connectivity index (χ1n) is 3.14. The Morgan fingerprint density at radius 1 is 1.73 bits per heavy atom. The van der Waals surface area contributed by atoms with Crippen molar-refractivity contribution in [2.24, 2.45) is 4.99 Å². The van der Waals surface area contributed by atoms with Crippen LogP contribution in [0, 0.1) is 0 Å². The van der Waals surface area contributed by atoms with E-state index in [0.29, 0.717) is 0 Å². The standard InChI is InChI=1S/C7H5NO2S/c9-7(10)5-3-6-4(8-5)1-2-11-6/h1,3H,2H2,(H,9,10). The highest BCUT2D eigenvalue weighted by molar-refractivity contribution is 8.03. The van der Waals surface area contributed by atoms with E-state index in [1.165, 1.54) is 0 Å². The van der Waals surface area contributed by atoms with Crippen molar-refractivity contribution in [1.82, 2.24) is 0 Å². The average molecular weight is 167 g/mol. The minimum Gasteiger partial charge on any atom is -0.477 e. The van der Waals surface area contributed by atoms with Crippen LogP contribution in [-0.2, 0) is 4.79 Å². The van der Waals surface area contributed by atoms with Crippen molar-refractivity contribution in [3.8, 4) is 0 Å². The first-order valence-corrected chi connectivity index (χ1v) is 4.13. The Morgan fingerprint density at radius 2 is 2.55 bits per heavy atom. The molecule has 2 rings (SSSR count). The van der Waals surface area contributed by atoms with Gasteiger partial charge in [0.25, 0.3) is 0 Å². The lowest BCUT2D eigenvalue weighted by atomic mass is 10.3. The number of hydrogen-bond acceptors (Lipinski definition) is 3. The largest absolute Gasteiger partial charge is 0.477 e. The molecule has 1 N–H and O–H groups in total. The van der Waals surface area contributed by atoms with Gasteiger partial charge in [0, 0.05) is 10.7 Å². The van der Waals surface area contributed by atoms with Gasteiger partial charge in [0.1, 0.15) is 5.71 Å². The molecule has 2 heterocycles. The summed E-state index contributed by atoms with van der Waals surface area (Å²) in [5.41, 5.74) is 0.978. The molecule has 0 aromatic rings. The van der Waals surface area contributed by atoms with Crippen LogP contribution in [0.25, 0.3) is 0 Å². The molecule has 0 saturated carbocycles. The van der Waals surface area contributed by atoms with E-state index in [-0.39, 0.29) is 5.71 Å². The predicted octanol–water partition coefficient (Wildman–Crippen LogP) is 1.04. The van der Waals surface area contributed by atoms with E-state index in [2.05, 4.69) is 4.99 Å². The van der Waals surface area contributed by atoms with Gasteiger partial charge in [-0.05, 0) is 12.2 Å². The Kier molecular flexibility index (Phi) is 1.35. The number of aliphatic carboxylic acids is 1. The van der Waals surface area contributed by atoms with Gasteiger partial charge in [-0.25, -0.2) is 9.79 Å². The normalized spacial score (nSPS) is 20.5. The Morgan fingerprint density at radius 3 is 3.18 bits per heavy atom. The number of rotatable bonds is 1. The molecule has 4 heteroatoms. The van der Waals surface area contributed by atoms with Gasteiger partial charge in [0.05, 0.1) is 5.70 Å². The molecule has 0 spiro atoms. The molecule has 0 aliphatic carbocycles. The van der Waals surface area contributed by atoms with E-state index in [1.807, 2.05) is 6.08 Å². The van der Waals surface area contributed by atoms with Crippen LogP contribution in [0.1, 0.15) is 0 Å². The quantitative estimate of drug-likeness (QED) is 0.634. The number of carbonyl (C=O) groups is 1. The molecule has 0 atom stereocenters. The van der Waals surface area contributed by atoms with Crippen LogP contribution in [0.5, 0.6) is 0 Å². The second-order valence-corrected chi connectivity index (χ2v) is 3.27. The van der Waals surface area contributed by atoms with Gasteiger partial charge in [0.2, 0.25) is 0 Å². The summed E-state index contributed by atoms with van der Waals surface area (Å²) in [7, 11) is 0. The third-order valence-electron chi connectivity index (χ3n) is 1.50. The third-order valence-corrected chi connectivity index (χ3v) is 2.47. The van der Waals surface area contributed by atoms with E-state index < -0.39 is 5.97 Å². The van der Waals surface area contributed by atoms with Crippen LogP contribution in [0.4, 0.5) is 0 Å². The van der Waals surface area contributed by atoms with Crippen LogP contribution in [0.3, 0.4) is 0 Å². The van der Waals surface area contributed by atoms with Crippen molar-refractivity contribution in [2.75, 3.05) is 5.75 Å². The smallest absolute Gasteiger partial charge is 0.354 e. The van der Waals surface area contributed by atoms with Crippen molar-refractivity contribution in [3.05, 3.63) is 22.8 Å². The zero-order valence-electron chi connectivity index (χ0n) is 5.57. The van der Waals surface area contributed by atoms with Gasteiger partial charge >= 0.3 is 5.97 Å². The van der Waals surface area contributed by atoms with Crippen LogP contribution >= 0.6 is 11.8 Å². The fourth-order valence-corrected chi connectivity index (χ4v) is 1.89. The summed E-state index contributed by atoms with van der Waals surface area (Å²) in [6, 6.07) is 0. The first kappa shape index (κ1) is 6.67. The number of hydrogen-bond donors (Lipinski definition) is 1. The molecule has 2 aliphatic rings.